The molecule has 0 aliphatic carbocycles. The molecule has 86 valence electrons. The number of rotatable bonds is 4. The van der Waals surface area contributed by atoms with Gasteiger partial charge in [0.05, 0.1) is 31.8 Å². The maximum atomic E-state index is 5.23. The molecule has 5 nitrogen and oxygen atoms in total. The Morgan fingerprint density at radius 2 is 1.94 bits per heavy atom. The van der Waals surface area contributed by atoms with Crippen molar-refractivity contribution in [1.82, 2.24) is 15.3 Å². The summed E-state index contributed by atoms with van der Waals surface area (Å²) in [5.41, 5.74) is 1.82. The molecule has 5 heteroatoms. The summed E-state index contributed by atoms with van der Waals surface area (Å²) in [5.74, 6) is 2.29. The van der Waals surface area contributed by atoms with Crippen LogP contribution < -0.4 is 14.8 Å². The zero-order valence-electron chi connectivity index (χ0n) is 9.63. The summed E-state index contributed by atoms with van der Waals surface area (Å²) in [6.45, 7) is 0.708. The maximum Gasteiger partial charge on any atom is 0.163 e. The summed E-state index contributed by atoms with van der Waals surface area (Å²) in [7, 11) is 5.12. The maximum absolute atomic E-state index is 5.23. The highest BCUT2D eigenvalue weighted by atomic mass is 16.5. The van der Waals surface area contributed by atoms with Gasteiger partial charge in [0.2, 0.25) is 0 Å². The fraction of sp³-hybridized carbons (Fsp3) is 0.364. The van der Waals surface area contributed by atoms with Gasteiger partial charge in [-0.2, -0.15) is 0 Å². The lowest BCUT2D eigenvalue weighted by Gasteiger charge is -2.06. The van der Waals surface area contributed by atoms with E-state index in [1.165, 1.54) is 0 Å². The first-order chi connectivity index (χ1) is 7.78. The number of nitrogens with zero attached hydrogens (tertiary/aromatic N) is 1. The number of aromatic nitrogens is 2. The molecule has 2 rings (SSSR count). The fourth-order valence-electron chi connectivity index (χ4n) is 1.64. The van der Waals surface area contributed by atoms with Crippen LogP contribution in [-0.2, 0) is 6.54 Å². The van der Waals surface area contributed by atoms with E-state index in [1.807, 2.05) is 19.2 Å². The first kappa shape index (κ1) is 10.8. The monoisotopic (exact) mass is 221 g/mol. The molecule has 0 saturated carbocycles. The molecule has 0 radical (unpaired) electrons. The summed E-state index contributed by atoms with van der Waals surface area (Å²) >= 11 is 0. The van der Waals surface area contributed by atoms with Gasteiger partial charge in [-0.25, -0.2) is 4.98 Å². The molecule has 2 aromatic rings. The third-order valence-corrected chi connectivity index (χ3v) is 2.38. The molecule has 0 aliphatic heterocycles. The number of fused-ring (bicyclic) bond motifs is 1. The van der Waals surface area contributed by atoms with E-state index in [2.05, 4.69) is 15.3 Å². The topological polar surface area (TPSA) is 59.2 Å². The first-order valence-electron chi connectivity index (χ1n) is 5.03. The molecule has 0 spiro atoms. The molecule has 1 heterocycles. The van der Waals surface area contributed by atoms with Crippen LogP contribution in [0.25, 0.3) is 11.0 Å². The Morgan fingerprint density at radius 3 is 2.56 bits per heavy atom. The number of imidazole rings is 1. The van der Waals surface area contributed by atoms with E-state index in [9.17, 15) is 0 Å². The minimum absolute atomic E-state index is 0.692. The fourth-order valence-corrected chi connectivity index (χ4v) is 1.64. The van der Waals surface area contributed by atoms with E-state index in [0.717, 1.165) is 16.9 Å². The zero-order valence-corrected chi connectivity index (χ0v) is 9.63. The van der Waals surface area contributed by atoms with Gasteiger partial charge >= 0.3 is 0 Å². The average molecular weight is 221 g/mol. The molecule has 1 aromatic heterocycles. The standard InChI is InChI=1S/C11H15N3O2/c1-12-6-11-13-7-4-9(15-2)10(16-3)5-8(7)14-11/h4-5,12H,6H2,1-3H3,(H,13,14). The quantitative estimate of drug-likeness (QED) is 0.817. The average Bonchev–Trinajstić information content (AvgIpc) is 2.68. The number of hydrogen-bond donors (Lipinski definition) is 2. The highest BCUT2D eigenvalue weighted by Crippen LogP contribution is 2.30. The lowest BCUT2D eigenvalue weighted by atomic mass is 10.3. The molecule has 0 aliphatic rings. The lowest BCUT2D eigenvalue weighted by Crippen LogP contribution is -2.06. The molecule has 16 heavy (non-hydrogen) atoms. The Kier molecular flexibility index (Phi) is 2.96. The molecule has 0 atom stereocenters. The number of hydrogen-bond acceptors (Lipinski definition) is 4. The molecule has 2 N–H and O–H groups in total. The van der Waals surface area contributed by atoms with Gasteiger partial charge in [0.25, 0.3) is 0 Å². The lowest BCUT2D eigenvalue weighted by molar-refractivity contribution is 0.356. The SMILES string of the molecule is CNCc1nc2cc(OC)c(OC)cc2[nH]1. The van der Waals surface area contributed by atoms with Crippen molar-refractivity contribution < 1.29 is 9.47 Å². The van der Waals surface area contributed by atoms with Crippen LogP contribution in [0.4, 0.5) is 0 Å². The predicted octanol–water partition coefficient (Wildman–Crippen LogP) is 1.30. The smallest absolute Gasteiger partial charge is 0.163 e. The van der Waals surface area contributed by atoms with Gasteiger partial charge in [-0.05, 0) is 7.05 Å². The Balaban J connectivity index is 2.51. The predicted molar refractivity (Wildman–Crippen MR) is 62.0 cm³/mol. The molecule has 1 aromatic carbocycles. The van der Waals surface area contributed by atoms with Crippen molar-refractivity contribution in [2.24, 2.45) is 0 Å². The minimum Gasteiger partial charge on any atom is -0.493 e. The molecule has 0 fully saturated rings. The van der Waals surface area contributed by atoms with Crippen molar-refractivity contribution in [3.05, 3.63) is 18.0 Å². The zero-order chi connectivity index (χ0) is 11.5. The van der Waals surface area contributed by atoms with Crippen LogP contribution in [0.2, 0.25) is 0 Å². The van der Waals surface area contributed by atoms with Gasteiger partial charge in [0.1, 0.15) is 5.82 Å². The normalized spacial score (nSPS) is 10.7. The summed E-state index contributed by atoms with van der Waals surface area (Å²) in [6, 6.07) is 3.75. The van der Waals surface area contributed by atoms with E-state index in [0.29, 0.717) is 18.0 Å². The molecular formula is C11H15N3O2. The van der Waals surface area contributed by atoms with Crippen LogP contribution in [0.3, 0.4) is 0 Å². The van der Waals surface area contributed by atoms with Crippen LogP contribution in [0.15, 0.2) is 12.1 Å². The van der Waals surface area contributed by atoms with E-state index in [4.69, 9.17) is 9.47 Å². The molecule has 0 saturated heterocycles. The third kappa shape index (κ3) is 1.81. The van der Waals surface area contributed by atoms with Crippen molar-refractivity contribution >= 4 is 11.0 Å². The van der Waals surface area contributed by atoms with Gasteiger partial charge in [-0.1, -0.05) is 0 Å². The highest BCUT2D eigenvalue weighted by Gasteiger charge is 2.09. The van der Waals surface area contributed by atoms with Gasteiger partial charge < -0.3 is 19.8 Å². The van der Waals surface area contributed by atoms with Crippen molar-refractivity contribution in [3.63, 3.8) is 0 Å². The number of benzene rings is 1. The second-order valence-electron chi connectivity index (χ2n) is 3.44. The van der Waals surface area contributed by atoms with Gasteiger partial charge in [-0.15, -0.1) is 0 Å². The van der Waals surface area contributed by atoms with E-state index in [-0.39, 0.29) is 0 Å². The van der Waals surface area contributed by atoms with E-state index in [1.54, 1.807) is 14.2 Å². The second kappa shape index (κ2) is 4.40. The van der Waals surface area contributed by atoms with E-state index >= 15 is 0 Å². The number of methoxy groups -OCH3 is 2. The van der Waals surface area contributed by atoms with E-state index < -0.39 is 0 Å². The molecule has 0 amide bonds. The second-order valence-corrected chi connectivity index (χ2v) is 3.44. The number of ether oxygens (including phenoxy) is 2. The summed E-state index contributed by atoms with van der Waals surface area (Å²) < 4.78 is 10.4. The number of nitrogens with one attached hydrogen (secondary N) is 2. The molecule has 0 bridgehead atoms. The van der Waals surface area contributed by atoms with Crippen LogP contribution in [-0.4, -0.2) is 31.2 Å². The van der Waals surface area contributed by atoms with Gasteiger partial charge in [0, 0.05) is 12.1 Å². The largest absolute Gasteiger partial charge is 0.493 e. The third-order valence-electron chi connectivity index (χ3n) is 2.38. The summed E-state index contributed by atoms with van der Waals surface area (Å²) in [4.78, 5) is 7.65. The van der Waals surface area contributed by atoms with Gasteiger partial charge in [0.15, 0.2) is 11.5 Å². The summed E-state index contributed by atoms with van der Waals surface area (Å²) in [5, 5.41) is 3.05. The van der Waals surface area contributed by atoms with Gasteiger partial charge in [-0.3, -0.25) is 0 Å². The minimum atomic E-state index is 0.692. The Labute approximate surface area is 93.8 Å². The Morgan fingerprint density at radius 1 is 1.25 bits per heavy atom. The number of H-pyrrole nitrogens is 1. The van der Waals surface area contributed by atoms with Crippen molar-refractivity contribution in [1.29, 1.82) is 0 Å². The van der Waals surface area contributed by atoms with Crippen LogP contribution in [0.1, 0.15) is 5.82 Å². The van der Waals surface area contributed by atoms with Crippen LogP contribution in [0, 0.1) is 0 Å². The van der Waals surface area contributed by atoms with Crippen molar-refractivity contribution in [3.8, 4) is 11.5 Å². The number of aromatic amines is 1. The Bertz CT molecular complexity index is 452. The summed E-state index contributed by atoms with van der Waals surface area (Å²) in [6.07, 6.45) is 0. The van der Waals surface area contributed by atoms with Crippen molar-refractivity contribution in [2.75, 3.05) is 21.3 Å². The highest BCUT2D eigenvalue weighted by molar-refractivity contribution is 5.79. The van der Waals surface area contributed by atoms with Crippen LogP contribution in [0.5, 0.6) is 11.5 Å². The Hall–Kier alpha value is -1.75. The van der Waals surface area contributed by atoms with Crippen LogP contribution >= 0.6 is 0 Å². The van der Waals surface area contributed by atoms with Crippen molar-refractivity contribution in [2.45, 2.75) is 6.54 Å². The molecule has 0 unspecified atom stereocenters. The molecular weight excluding hydrogens is 206 g/mol. The first-order valence-corrected chi connectivity index (χ1v) is 5.03.